The van der Waals surface area contributed by atoms with Gasteiger partial charge in [-0.25, -0.2) is 4.39 Å². The predicted octanol–water partition coefficient (Wildman–Crippen LogP) is 0.612. The van der Waals surface area contributed by atoms with Crippen LogP contribution in [0.1, 0.15) is 10.4 Å². The summed E-state index contributed by atoms with van der Waals surface area (Å²) >= 11 is 0. The molecule has 0 aliphatic rings. The molecular weight excluding hydrogens is 278 g/mol. The fraction of sp³-hybridized carbons (Fsp3) is 0.364. The molecule has 9 heteroatoms. The molecule has 1 aromatic rings. The van der Waals surface area contributed by atoms with E-state index in [-0.39, 0.29) is 26.4 Å². The van der Waals surface area contributed by atoms with Crippen LogP contribution in [0.25, 0.3) is 0 Å². The SMILES string of the molecule is O=C(NCCOCCO)c1cc(F)cc([N+](=O)[O-])c1F. The van der Waals surface area contributed by atoms with Crippen molar-refractivity contribution in [3.8, 4) is 0 Å². The Kier molecular flexibility index (Phi) is 5.94. The second kappa shape index (κ2) is 7.46. The van der Waals surface area contributed by atoms with Gasteiger partial charge in [-0.05, 0) is 6.07 Å². The van der Waals surface area contributed by atoms with Gasteiger partial charge in [0.2, 0.25) is 5.82 Å². The van der Waals surface area contributed by atoms with E-state index in [1.54, 1.807) is 0 Å². The second-order valence-corrected chi connectivity index (χ2v) is 3.64. The minimum atomic E-state index is -1.40. The minimum absolute atomic E-state index is 0.0113. The van der Waals surface area contributed by atoms with Crippen molar-refractivity contribution in [3.63, 3.8) is 0 Å². The molecule has 20 heavy (non-hydrogen) atoms. The second-order valence-electron chi connectivity index (χ2n) is 3.64. The fourth-order valence-electron chi connectivity index (χ4n) is 1.37. The van der Waals surface area contributed by atoms with Gasteiger partial charge in [-0.3, -0.25) is 14.9 Å². The predicted molar refractivity (Wildman–Crippen MR) is 63.3 cm³/mol. The highest BCUT2D eigenvalue weighted by molar-refractivity contribution is 5.95. The van der Waals surface area contributed by atoms with Crippen molar-refractivity contribution in [3.05, 3.63) is 39.4 Å². The van der Waals surface area contributed by atoms with Gasteiger partial charge in [0.1, 0.15) is 5.82 Å². The Hall–Kier alpha value is -2.13. The summed E-state index contributed by atoms with van der Waals surface area (Å²) in [5, 5.41) is 21.2. The minimum Gasteiger partial charge on any atom is -0.394 e. The number of benzene rings is 1. The number of hydrogen-bond acceptors (Lipinski definition) is 5. The van der Waals surface area contributed by atoms with Gasteiger partial charge in [0.05, 0.1) is 36.4 Å². The number of nitrogens with zero attached hydrogens (tertiary/aromatic N) is 1. The van der Waals surface area contributed by atoms with E-state index >= 15 is 0 Å². The van der Waals surface area contributed by atoms with Crippen molar-refractivity contribution in [2.45, 2.75) is 0 Å². The molecule has 0 fully saturated rings. The average Bonchev–Trinajstić information content (AvgIpc) is 2.40. The first-order chi connectivity index (χ1) is 9.47. The summed E-state index contributed by atoms with van der Waals surface area (Å²) in [7, 11) is 0. The first kappa shape index (κ1) is 15.9. The lowest BCUT2D eigenvalue weighted by atomic mass is 10.1. The normalized spacial score (nSPS) is 10.3. The Morgan fingerprint density at radius 2 is 2.10 bits per heavy atom. The quantitative estimate of drug-likeness (QED) is 0.435. The van der Waals surface area contributed by atoms with Gasteiger partial charge < -0.3 is 15.2 Å². The van der Waals surface area contributed by atoms with Crippen molar-refractivity contribution < 1.29 is 28.3 Å². The zero-order valence-electron chi connectivity index (χ0n) is 10.3. The monoisotopic (exact) mass is 290 g/mol. The molecule has 0 atom stereocenters. The Morgan fingerprint density at radius 1 is 1.40 bits per heavy atom. The molecular formula is C11H12F2N2O5. The van der Waals surface area contributed by atoms with Crippen molar-refractivity contribution >= 4 is 11.6 Å². The number of nitro benzene ring substituents is 1. The maximum atomic E-state index is 13.7. The highest BCUT2D eigenvalue weighted by atomic mass is 19.1. The van der Waals surface area contributed by atoms with Gasteiger partial charge in [0.15, 0.2) is 0 Å². The molecule has 1 aromatic carbocycles. The van der Waals surface area contributed by atoms with Crippen LogP contribution in [-0.4, -0.2) is 42.3 Å². The first-order valence-electron chi connectivity index (χ1n) is 5.57. The number of halogens is 2. The number of carbonyl (C=O) groups excluding carboxylic acids is 1. The van der Waals surface area contributed by atoms with E-state index in [0.29, 0.717) is 12.1 Å². The molecule has 110 valence electrons. The summed E-state index contributed by atoms with van der Waals surface area (Å²) in [6, 6.07) is 0.975. The number of aliphatic hydroxyl groups excluding tert-OH is 1. The molecule has 7 nitrogen and oxygen atoms in total. The van der Waals surface area contributed by atoms with E-state index in [9.17, 15) is 23.7 Å². The van der Waals surface area contributed by atoms with Crippen LogP contribution in [0.15, 0.2) is 12.1 Å². The van der Waals surface area contributed by atoms with Gasteiger partial charge in [0, 0.05) is 6.54 Å². The average molecular weight is 290 g/mol. The van der Waals surface area contributed by atoms with Gasteiger partial charge in [0.25, 0.3) is 5.91 Å². The number of aliphatic hydroxyl groups is 1. The number of hydrogen-bond donors (Lipinski definition) is 2. The summed E-state index contributed by atoms with van der Waals surface area (Å²) in [6.45, 7) is -0.0533. The number of rotatable bonds is 7. The molecule has 1 amide bonds. The molecule has 0 heterocycles. The number of amides is 1. The van der Waals surface area contributed by atoms with Crippen molar-refractivity contribution in [2.24, 2.45) is 0 Å². The first-order valence-corrected chi connectivity index (χ1v) is 5.57. The highest BCUT2D eigenvalue weighted by Gasteiger charge is 2.23. The largest absolute Gasteiger partial charge is 0.394 e. The summed E-state index contributed by atoms with van der Waals surface area (Å²) in [5.74, 6) is -3.47. The van der Waals surface area contributed by atoms with Crippen molar-refractivity contribution in [1.82, 2.24) is 5.32 Å². The zero-order valence-corrected chi connectivity index (χ0v) is 10.3. The third kappa shape index (κ3) is 4.21. The maximum Gasteiger partial charge on any atom is 0.308 e. The molecule has 1 rings (SSSR count). The van der Waals surface area contributed by atoms with Crippen LogP contribution in [0.3, 0.4) is 0 Å². The van der Waals surface area contributed by atoms with Gasteiger partial charge in [-0.1, -0.05) is 0 Å². The van der Waals surface area contributed by atoms with Crippen LogP contribution < -0.4 is 5.32 Å². The number of carbonyl (C=O) groups is 1. The lowest BCUT2D eigenvalue weighted by molar-refractivity contribution is -0.387. The van der Waals surface area contributed by atoms with E-state index in [4.69, 9.17) is 9.84 Å². The van der Waals surface area contributed by atoms with Crippen LogP contribution in [0.4, 0.5) is 14.5 Å². The molecule has 0 bridgehead atoms. The standard InChI is InChI=1S/C11H12F2N2O5/c12-7-5-8(10(13)9(6-7)15(18)19)11(17)14-1-3-20-4-2-16/h5-6,16H,1-4H2,(H,14,17). The van der Waals surface area contributed by atoms with E-state index < -0.39 is 33.7 Å². The molecule has 0 saturated heterocycles. The smallest absolute Gasteiger partial charge is 0.308 e. The lowest BCUT2D eigenvalue weighted by Crippen LogP contribution is -2.28. The van der Waals surface area contributed by atoms with Gasteiger partial charge >= 0.3 is 5.69 Å². The Morgan fingerprint density at radius 3 is 2.70 bits per heavy atom. The molecule has 0 saturated carbocycles. The van der Waals surface area contributed by atoms with E-state index in [0.717, 1.165) is 0 Å². The third-order valence-electron chi connectivity index (χ3n) is 2.23. The topological polar surface area (TPSA) is 102 Å². The van der Waals surface area contributed by atoms with Crippen LogP contribution in [-0.2, 0) is 4.74 Å². The molecule has 0 aliphatic heterocycles. The van der Waals surface area contributed by atoms with Crippen LogP contribution in [0.5, 0.6) is 0 Å². The maximum absolute atomic E-state index is 13.7. The Bertz CT molecular complexity index is 510. The Labute approximate surface area is 112 Å². The summed E-state index contributed by atoms with van der Waals surface area (Å²) < 4.78 is 31.6. The van der Waals surface area contributed by atoms with Gasteiger partial charge in [-0.2, -0.15) is 4.39 Å². The molecule has 0 unspecified atom stereocenters. The summed E-state index contributed by atoms with van der Waals surface area (Å²) in [4.78, 5) is 21.0. The fourth-order valence-corrected chi connectivity index (χ4v) is 1.37. The molecule has 0 spiro atoms. The van der Waals surface area contributed by atoms with E-state index in [1.165, 1.54) is 0 Å². The lowest BCUT2D eigenvalue weighted by Gasteiger charge is -2.07. The number of nitrogens with one attached hydrogen (secondary N) is 1. The van der Waals surface area contributed by atoms with Crippen LogP contribution in [0, 0.1) is 21.7 Å². The summed E-state index contributed by atoms with van der Waals surface area (Å²) in [6.07, 6.45) is 0. The third-order valence-corrected chi connectivity index (χ3v) is 2.23. The number of ether oxygens (including phenoxy) is 1. The zero-order chi connectivity index (χ0) is 15.1. The molecule has 0 radical (unpaired) electrons. The van der Waals surface area contributed by atoms with Crippen molar-refractivity contribution in [1.29, 1.82) is 0 Å². The van der Waals surface area contributed by atoms with Crippen LogP contribution in [0.2, 0.25) is 0 Å². The highest BCUT2D eigenvalue weighted by Crippen LogP contribution is 2.22. The Balaban J connectivity index is 2.75. The van der Waals surface area contributed by atoms with Crippen molar-refractivity contribution in [2.75, 3.05) is 26.4 Å². The number of nitro groups is 1. The van der Waals surface area contributed by atoms with Crippen LogP contribution >= 0.6 is 0 Å². The molecule has 0 aliphatic carbocycles. The summed E-state index contributed by atoms with van der Waals surface area (Å²) in [5.41, 5.74) is -1.86. The van der Waals surface area contributed by atoms with E-state index in [2.05, 4.69) is 5.32 Å². The molecule has 2 N–H and O–H groups in total. The van der Waals surface area contributed by atoms with E-state index in [1.807, 2.05) is 0 Å². The van der Waals surface area contributed by atoms with Gasteiger partial charge in [-0.15, -0.1) is 0 Å². The molecule has 0 aromatic heterocycles.